The maximum Gasteiger partial charge on any atom is 0.410 e. The van der Waals surface area contributed by atoms with Gasteiger partial charge in [-0.15, -0.1) is 0 Å². The Kier molecular flexibility index (Phi) is 6.81. The number of carbonyl (C=O) groups is 1. The van der Waals surface area contributed by atoms with Crippen LogP contribution in [0.3, 0.4) is 0 Å². The van der Waals surface area contributed by atoms with Gasteiger partial charge >= 0.3 is 6.09 Å². The van der Waals surface area contributed by atoms with Crippen LogP contribution in [0.25, 0.3) is 10.9 Å². The van der Waals surface area contributed by atoms with Crippen molar-refractivity contribution in [3.8, 4) is 5.75 Å². The molecule has 0 aliphatic carbocycles. The van der Waals surface area contributed by atoms with Crippen molar-refractivity contribution in [1.82, 2.24) is 19.9 Å². The van der Waals surface area contributed by atoms with Gasteiger partial charge in [0.1, 0.15) is 17.9 Å². The second-order valence-corrected chi connectivity index (χ2v) is 10.1. The second-order valence-electron chi connectivity index (χ2n) is 9.67. The molecule has 196 valence electrons. The highest BCUT2D eigenvalue weighted by Gasteiger charge is 2.35. The lowest BCUT2D eigenvalue weighted by Crippen LogP contribution is -2.41. The molecule has 0 spiro atoms. The normalized spacial score (nSPS) is 17.9. The third-order valence-electron chi connectivity index (χ3n) is 7.37. The van der Waals surface area contributed by atoms with E-state index in [1.807, 2.05) is 55.5 Å². The van der Waals surface area contributed by atoms with Crippen molar-refractivity contribution in [2.45, 2.75) is 38.3 Å². The number of carbonyl (C=O) groups excluding carboxylic acids is 1. The fourth-order valence-electron chi connectivity index (χ4n) is 5.56. The Morgan fingerprint density at radius 3 is 2.58 bits per heavy atom. The van der Waals surface area contributed by atoms with E-state index in [2.05, 4.69) is 19.9 Å². The van der Waals surface area contributed by atoms with Crippen molar-refractivity contribution in [3.05, 3.63) is 82.8 Å². The van der Waals surface area contributed by atoms with Gasteiger partial charge < -0.3 is 19.4 Å². The van der Waals surface area contributed by atoms with Gasteiger partial charge in [0.05, 0.1) is 6.61 Å². The van der Waals surface area contributed by atoms with Crippen molar-refractivity contribution in [2.75, 3.05) is 31.1 Å². The summed E-state index contributed by atoms with van der Waals surface area (Å²) in [4.78, 5) is 29.2. The van der Waals surface area contributed by atoms with Crippen LogP contribution < -0.4 is 9.64 Å². The summed E-state index contributed by atoms with van der Waals surface area (Å²) in [5.74, 6) is 1.60. The number of benzene rings is 2. The maximum atomic E-state index is 13.0. The minimum absolute atomic E-state index is 0.136. The number of amides is 1. The Morgan fingerprint density at radius 1 is 1.08 bits per heavy atom. The largest absolute Gasteiger partial charge is 0.490 e. The molecule has 0 saturated carbocycles. The van der Waals surface area contributed by atoms with Crippen LogP contribution in [0.15, 0.2) is 60.9 Å². The number of hydrogen-bond acceptors (Lipinski definition) is 6. The van der Waals surface area contributed by atoms with Gasteiger partial charge in [-0.05, 0) is 60.9 Å². The Hall–Kier alpha value is -3.78. The third-order valence-corrected chi connectivity index (χ3v) is 7.60. The van der Waals surface area contributed by atoms with Gasteiger partial charge in [0.2, 0.25) is 5.95 Å². The number of aromatic nitrogens is 3. The van der Waals surface area contributed by atoms with Crippen molar-refractivity contribution >= 4 is 34.5 Å². The van der Waals surface area contributed by atoms with Crippen LogP contribution >= 0.6 is 11.6 Å². The van der Waals surface area contributed by atoms with Crippen LogP contribution in [0.5, 0.6) is 5.75 Å². The van der Waals surface area contributed by atoms with Gasteiger partial charge in [-0.2, -0.15) is 0 Å². The number of hydrogen-bond donors (Lipinski definition) is 1. The van der Waals surface area contributed by atoms with E-state index in [1.165, 1.54) is 5.56 Å². The molecule has 1 N–H and O–H groups in total. The lowest BCUT2D eigenvalue weighted by Gasteiger charge is -2.35. The number of fused-ring (bicyclic) bond motifs is 3. The van der Waals surface area contributed by atoms with E-state index < -0.39 is 0 Å². The summed E-state index contributed by atoms with van der Waals surface area (Å²) in [6, 6.07) is 15.5. The molecule has 4 aromatic rings. The van der Waals surface area contributed by atoms with E-state index in [9.17, 15) is 4.79 Å². The molecule has 0 radical (unpaired) electrons. The van der Waals surface area contributed by atoms with Crippen molar-refractivity contribution in [3.63, 3.8) is 0 Å². The first-order chi connectivity index (χ1) is 18.6. The summed E-state index contributed by atoms with van der Waals surface area (Å²) in [6.07, 6.45) is 5.91. The topological polar surface area (TPSA) is 83.6 Å². The van der Waals surface area contributed by atoms with E-state index >= 15 is 0 Å². The quantitative estimate of drug-likeness (QED) is 0.352. The van der Waals surface area contributed by atoms with E-state index in [0.717, 1.165) is 66.2 Å². The van der Waals surface area contributed by atoms with E-state index in [1.54, 1.807) is 17.3 Å². The Labute approximate surface area is 226 Å². The van der Waals surface area contributed by atoms with Gasteiger partial charge in [-0.1, -0.05) is 23.7 Å². The van der Waals surface area contributed by atoms with Gasteiger partial charge in [-0.25, -0.2) is 14.8 Å². The first-order valence-electron chi connectivity index (χ1n) is 13.1. The van der Waals surface area contributed by atoms with Gasteiger partial charge in [0.25, 0.3) is 0 Å². The molecule has 2 aliphatic heterocycles. The first kappa shape index (κ1) is 24.6. The summed E-state index contributed by atoms with van der Waals surface area (Å²) in [5, 5.41) is 1.81. The predicted octanol–water partition coefficient (Wildman–Crippen LogP) is 5.76. The molecule has 0 unspecified atom stereocenters. The molecule has 6 rings (SSSR count). The highest BCUT2D eigenvalue weighted by Crippen LogP contribution is 2.40. The zero-order chi connectivity index (χ0) is 26.1. The fourth-order valence-corrected chi connectivity index (χ4v) is 5.73. The number of rotatable bonds is 5. The van der Waals surface area contributed by atoms with Crippen LogP contribution in [0, 0.1) is 0 Å². The molecule has 1 atom stereocenters. The third kappa shape index (κ3) is 4.76. The monoisotopic (exact) mass is 531 g/mol. The number of halogens is 1. The lowest BCUT2D eigenvalue weighted by molar-refractivity contribution is 0.0932. The number of nitrogens with one attached hydrogen (secondary N) is 1. The molecule has 38 heavy (non-hydrogen) atoms. The molecular formula is C29H30ClN5O3. The Bertz CT molecular complexity index is 1420. The number of H-pyrrole nitrogens is 1. The average Bonchev–Trinajstić information content (AvgIpc) is 3.32. The molecule has 1 saturated heterocycles. The number of aromatic amines is 1. The number of ether oxygens (including phenoxy) is 2. The standard InChI is InChI=1S/C29H30ClN5O3/c1-2-37-29(36)35-17-12-23-24-18-20(30)6-9-25(24)33-26(23)27(35)19-4-7-21(8-5-19)38-22-10-15-34(16-11-22)28-31-13-3-14-32-28/h3-9,13-14,18,22,27,33H,2,10-12,15-17H2,1H3/t27-/m0/s1. The molecule has 2 aliphatic rings. The molecule has 8 nitrogen and oxygen atoms in total. The number of nitrogens with zero attached hydrogens (tertiary/aromatic N) is 4. The highest BCUT2D eigenvalue weighted by molar-refractivity contribution is 6.31. The molecule has 2 aromatic carbocycles. The summed E-state index contributed by atoms with van der Waals surface area (Å²) < 4.78 is 11.8. The smallest absolute Gasteiger partial charge is 0.410 e. The Balaban J connectivity index is 1.22. The van der Waals surface area contributed by atoms with Crippen LogP contribution in [0.2, 0.25) is 5.02 Å². The van der Waals surface area contributed by atoms with Crippen LogP contribution in [0.4, 0.5) is 10.7 Å². The van der Waals surface area contributed by atoms with Crippen molar-refractivity contribution < 1.29 is 14.3 Å². The SMILES string of the molecule is CCOC(=O)N1CCc2c([nH]c3ccc(Cl)cc23)[C@@H]1c1ccc(OC2CCN(c3ncccn3)CC2)cc1. The highest BCUT2D eigenvalue weighted by atomic mass is 35.5. The van der Waals surface area contributed by atoms with Gasteiger partial charge in [0, 0.05) is 66.5 Å². The summed E-state index contributed by atoms with van der Waals surface area (Å²) in [5.41, 5.74) is 4.22. The molecule has 1 fully saturated rings. The van der Waals surface area contributed by atoms with Gasteiger partial charge in [-0.3, -0.25) is 4.90 Å². The number of piperidine rings is 1. The number of anilines is 1. The van der Waals surface area contributed by atoms with Gasteiger partial charge in [0.15, 0.2) is 0 Å². The van der Waals surface area contributed by atoms with Crippen LogP contribution in [-0.4, -0.2) is 58.3 Å². The second kappa shape index (κ2) is 10.5. The molecule has 4 heterocycles. The molecule has 9 heteroatoms. The lowest BCUT2D eigenvalue weighted by atomic mass is 9.92. The molecule has 1 amide bonds. The first-order valence-corrected chi connectivity index (χ1v) is 13.5. The van der Waals surface area contributed by atoms with E-state index in [4.69, 9.17) is 21.1 Å². The summed E-state index contributed by atoms with van der Waals surface area (Å²) in [6.45, 7) is 4.45. The summed E-state index contributed by atoms with van der Waals surface area (Å²) in [7, 11) is 0. The Morgan fingerprint density at radius 2 is 1.84 bits per heavy atom. The van der Waals surface area contributed by atoms with Crippen LogP contribution in [0.1, 0.15) is 42.6 Å². The predicted molar refractivity (Wildman–Crippen MR) is 147 cm³/mol. The zero-order valence-electron chi connectivity index (χ0n) is 21.3. The zero-order valence-corrected chi connectivity index (χ0v) is 22.0. The van der Waals surface area contributed by atoms with Crippen molar-refractivity contribution in [2.24, 2.45) is 0 Å². The summed E-state index contributed by atoms with van der Waals surface area (Å²) >= 11 is 6.31. The molecule has 2 aromatic heterocycles. The van der Waals surface area contributed by atoms with Crippen molar-refractivity contribution in [1.29, 1.82) is 0 Å². The van der Waals surface area contributed by atoms with E-state index in [-0.39, 0.29) is 18.2 Å². The van der Waals surface area contributed by atoms with Crippen LogP contribution in [-0.2, 0) is 11.2 Å². The van der Waals surface area contributed by atoms with E-state index in [0.29, 0.717) is 18.2 Å². The fraction of sp³-hybridized carbons (Fsp3) is 0.345. The molecular weight excluding hydrogens is 502 g/mol. The average molecular weight is 532 g/mol. The molecule has 0 bridgehead atoms. The minimum atomic E-state index is -0.311. The minimum Gasteiger partial charge on any atom is -0.490 e. The maximum absolute atomic E-state index is 13.0.